The number of thioether (sulfide) groups is 1. The molecule has 0 bridgehead atoms. The fourth-order valence-electron chi connectivity index (χ4n) is 2.07. The second-order valence-electron chi connectivity index (χ2n) is 4.57. The zero-order chi connectivity index (χ0) is 14.7. The van der Waals surface area contributed by atoms with Crippen LogP contribution in [0.5, 0.6) is 0 Å². The second-order valence-corrected chi connectivity index (χ2v) is 5.45. The fraction of sp³-hybridized carbons (Fsp3) is 0.0588. The van der Waals surface area contributed by atoms with Crippen LogP contribution in [0.1, 0.15) is 15.9 Å². The molecule has 4 heteroatoms. The molecule has 0 aliphatic heterocycles. The van der Waals surface area contributed by atoms with Crippen molar-refractivity contribution in [3.05, 3.63) is 78.1 Å². The molecule has 0 unspecified atom stereocenters. The Kier molecular flexibility index (Phi) is 3.88. The van der Waals surface area contributed by atoms with Crippen LogP contribution in [0.15, 0.2) is 71.9 Å². The number of carbonyl (C=O) groups excluding carboxylic acids is 1. The lowest BCUT2D eigenvalue weighted by molar-refractivity contribution is 0.103. The third kappa shape index (κ3) is 2.90. The van der Waals surface area contributed by atoms with E-state index in [0.29, 0.717) is 11.1 Å². The maximum atomic E-state index is 12.4. The molecule has 3 nitrogen and oxygen atoms in total. The van der Waals surface area contributed by atoms with Gasteiger partial charge in [-0.2, -0.15) is 5.10 Å². The van der Waals surface area contributed by atoms with Gasteiger partial charge in [-0.1, -0.05) is 18.2 Å². The van der Waals surface area contributed by atoms with Gasteiger partial charge in [0.2, 0.25) is 0 Å². The Morgan fingerprint density at radius 3 is 2.38 bits per heavy atom. The number of benzene rings is 2. The van der Waals surface area contributed by atoms with Crippen LogP contribution in [0.4, 0.5) is 0 Å². The van der Waals surface area contributed by atoms with Crippen molar-refractivity contribution in [1.82, 2.24) is 9.78 Å². The van der Waals surface area contributed by atoms with Crippen LogP contribution in [0.2, 0.25) is 0 Å². The minimum Gasteiger partial charge on any atom is -0.288 e. The summed E-state index contributed by atoms with van der Waals surface area (Å²) < 4.78 is 1.71. The third-order valence-electron chi connectivity index (χ3n) is 3.22. The predicted molar refractivity (Wildman–Crippen MR) is 85.2 cm³/mol. The number of aromatic nitrogens is 2. The summed E-state index contributed by atoms with van der Waals surface area (Å²) in [5.41, 5.74) is 2.21. The Morgan fingerprint density at radius 1 is 1.00 bits per heavy atom. The standard InChI is InChI=1S/C17H14N2OS/c1-21-16-9-7-13(8-10-16)17(20)14-11-18-19(12-14)15-5-3-2-4-6-15/h2-12H,1H3. The van der Waals surface area contributed by atoms with E-state index in [1.165, 1.54) is 0 Å². The molecule has 0 amide bonds. The average molecular weight is 294 g/mol. The van der Waals surface area contributed by atoms with Gasteiger partial charge in [0.05, 0.1) is 17.4 Å². The highest BCUT2D eigenvalue weighted by molar-refractivity contribution is 7.98. The molecule has 0 saturated carbocycles. The molecule has 0 fully saturated rings. The Labute approximate surface area is 127 Å². The van der Waals surface area contributed by atoms with Gasteiger partial charge in [-0.25, -0.2) is 4.68 Å². The van der Waals surface area contributed by atoms with Crippen molar-refractivity contribution in [3.63, 3.8) is 0 Å². The molecule has 0 saturated heterocycles. The first-order valence-corrected chi connectivity index (χ1v) is 7.79. The molecule has 1 heterocycles. The van der Waals surface area contributed by atoms with Gasteiger partial charge in [-0.3, -0.25) is 4.79 Å². The van der Waals surface area contributed by atoms with Crippen molar-refractivity contribution < 1.29 is 4.79 Å². The van der Waals surface area contributed by atoms with Crippen LogP contribution in [0.25, 0.3) is 5.69 Å². The highest BCUT2D eigenvalue weighted by Crippen LogP contribution is 2.17. The van der Waals surface area contributed by atoms with E-state index in [1.807, 2.05) is 60.9 Å². The first-order valence-electron chi connectivity index (χ1n) is 6.57. The van der Waals surface area contributed by atoms with Crippen molar-refractivity contribution in [1.29, 1.82) is 0 Å². The Morgan fingerprint density at radius 2 is 1.71 bits per heavy atom. The summed E-state index contributed by atoms with van der Waals surface area (Å²) in [5, 5.41) is 4.26. The molecule has 0 atom stereocenters. The maximum Gasteiger partial charge on any atom is 0.196 e. The molecule has 104 valence electrons. The molecule has 0 radical (unpaired) electrons. The van der Waals surface area contributed by atoms with Crippen LogP contribution in [0.3, 0.4) is 0 Å². The van der Waals surface area contributed by atoms with Crippen LogP contribution in [-0.2, 0) is 0 Å². The van der Waals surface area contributed by atoms with Gasteiger partial charge in [0, 0.05) is 16.7 Å². The summed E-state index contributed by atoms with van der Waals surface area (Å²) in [6.45, 7) is 0. The highest BCUT2D eigenvalue weighted by Gasteiger charge is 2.11. The number of hydrogen-bond acceptors (Lipinski definition) is 3. The van der Waals surface area contributed by atoms with E-state index in [-0.39, 0.29) is 5.78 Å². The SMILES string of the molecule is CSc1ccc(C(=O)c2cnn(-c3ccccc3)c2)cc1. The van der Waals surface area contributed by atoms with Crippen molar-refractivity contribution in [3.8, 4) is 5.69 Å². The molecule has 0 N–H and O–H groups in total. The minimum absolute atomic E-state index is 0.00941. The van der Waals surface area contributed by atoms with E-state index in [9.17, 15) is 4.79 Å². The van der Waals surface area contributed by atoms with Gasteiger partial charge in [-0.15, -0.1) is 11.8 Å². The lowest BCUT2D eigenvalue weighted by Crippen LogP contribution is -2.00. The summed E-state index contributed by atoms with van der Waals surface area (Å²) in [7, 11) is 0. The van der Waals surface area contributed by atoms with E-state index >= 15 is 0 Å². The van der Waals surface area contributed by atoms with Crippen molar-refractivity contribution in [2.75, 3.05) is 6.26 Å². The van der Waals surface area contributed by atoms with Crippen molar-refractivity contribution in [2.45, 2.75) is 4.90 Å². The lowest BCUT2D eigenvalue weighted by Gasteiger charge is -2.01. The van der Waals surface area contributed by atoms with Gasteiger partial charge < -0.3 is 0 Å². The van der Waals surface area contributed by atoms with Crippen LogP contribution < -0.4 is 0 Å². The van der Waals surface area contributed by atoms with Gasteiger partial charge in [0.1, 0.15) is 0 Å². The van der Waals surface area contributed by atoms with E-state index in [4.69, 9.17) is 0 Å². The molecule has 0 aliphatic rings. The number of nitrogens with zero attached hydrogens (tertiary/aromatic N) is 2. The van der Waals surface area contributed by atoms with E-state index < -0.39 is 0 Å². The summed E-state index contributed by atoms with van der Waals surface area (Å²) in [6.07, 6.45) is 5.39. The number of rotatable bonds is 4. The summed E-state index contributed by atoms with van der Waals surface area (Å²) in [6, 6.07) is 17.4. The second kappa shape index (κ2) is 5.97. The molecular weight excluding hydrogens is 280 g/mol. The van der Waals surface area contributed by atoms with Crippen LogP contribution in [0, 0.1) is 0 Å². The lowest BCUT2D eigenvalue weighted by atomic mass is 10.1. The molecule has 1 aromatic heterocycles. The molecule has 2 aromatic carbocycles. The van der Waals surface area contributed by atoms with Crippen molar-refractivity contribution >= 4 is 17.5 Å². The number of ketones is 1. The maximum absolute atomic E-state index is 12.4. The summed E-state index contributed by atoms with van der Waals surface area (Å²) >= 11 is 1.66. The molecular formula is C17H14N2OS. The summed E-state index contributed by atoms with van der Waals surface area (Å²) in [4.78, 5) is 13.6. The monoisotopic (exact) mass is 294 g/mol. The number of carbonyl (C=O) groups is 1. The van der Waals surface area contributed by atoms with Gasteiger partial charge >= 0.3 is 0 Å². The first kappa shape index (κ1) is 13.6. The van der Waals surface area contributed by atoms with Gasteiger partial charge in [0.15, 0.2) is 5.78 Å². The minimum atomic E-state index is -0.00941. The largest absolute Gasteiger partial charge is 0.288 e. The number of para-hydroxylation sites is 1. The zero-order valence-corrected chi connectivity index (χ0v) is 12.4. The van der Waals surface area contributed by atoms with Gasteiger partial charge in [0.25, 0.3) is 0 Å². The highest BCUT2D eigenvalue weighted by atomic mass is 32.2. The average Bonchev–Trinajstić information content (AvgIpc) is 3.05. The molecule has 0 spiro atoms. The summed E-state index contributed by atoms with van der Waals surface area (Å²) in [5.74, 6) is -0.00941. The Balaban J connectivity index is 1.87. The quantitative estimate of drug-likeness (QED) is 0.542. The Hall–Kier alpha value is -2.33. The molecule has 21 heavy (non-hydrogen) atoms. The topological polar surface area (TPSA) is 34.9 Å². The van der Waals surface area contributed by atoms with E-state index in [2.05, 4.69) is 5.10 Å². The Bertz CT molecular complexity index is 748. The zero-order valence-electron chi connectivity index (χ0n) is 11.6. The van der Waals surface area contributed by atoms with Crippen LogP contribution in [-0.4, -0.2) is 21.8 Å². The number of hydrogen-bond donors (Lipinski definition) is 0. The van der Waals surface area contributed by atoms with Gasteiger partial charge in [-0.05, 0) is 42.7 Å². The van der Waals surface area contributed by atoms with E-state index in [0.717, 1.165) is 10.6 Å². The smallest absolute Gasteiger partial charge is 0.196 e. The molecule has 3 rings (SSSR count). The molecule has 3 aromatic rings. The van der Waals surface area contributed by atoms with Crippen LogP contribution >= 0.6 is 11.8 Å². The van der Waals surface area contributed by atoms with Crippen molar-refractivity contribution in [2.24, 2.45) is 0 Å². The normalized spacial score (nSPS) is 10.5. The first-order chi connectivity index (χ1) is 10.3. The fourth-order valence-corrected chi connectivity index (χ4v) is 2.48. The molecule has 0 aliphatic carbocycles. The third-order valence-corrected chi connectivity index (χ3v) is 3.96. The predicted octanol–water partition coefficient (Wildman–Crippen LogP) is 3.83. The van der Waals surface area contributed by atoms with E-state index in [1.54, 1.807) is 28.8 Å².